The summed E-state index contributed by atoms with van der Waals surface area (Å²) in [5.74, 6) is -0.492. The van der Waals surface area contributed by atoms with Gasteiger partial charge in [0.2, 0.25) is 6.41 Å². The summed E-state index contributed by atoms with van der Waals surface area (Å²) in [4.78, 5) is 37.4. The number of morpholine rings is 1. The Kier molecular flexibility index (Phi) is 6.52. The molecule has 136 valence electrons. The molecule has 2 rings (SSSR count). The summed E-state index contributed by atoms with van der Waals surface area (Å²) in [5, 5.41) is 15.5. The number of rotatable bonds is 9. The van der Waals surface area contributed by atoms with Crippen molar-refractivity contribution in [2.45, 2.75) is 44.2 Å². The predicted octanol–water partition coefficient (Wildman–Crippen LogP) is -0.307. The molecule has 0 radical (unpaired) electrons. The Morgan fingerprint density at radius 2 is 2.12 bits per heavy atom. The van der Waals surface area contributed by atoms with Crippen LogP contribution in [0.3, 0.4) is 0 Å². The molecule has 0 aromatic heterocycles. The predicted molar refractivity (Wildman–Crippen MR) is 84.3 cm³/mol. The number of ether oxygens (including phenoxy) is 1. The Hall–Kier alpha value is -1.71. The highest BCUT2D eigenvalue weighted by atomic mass is 16.5. The van der Waals surface area contributed by atoms with E-state index >= 15 is 0 Å². The van der Waals surface area contributed by atoms with Crippen molar-refractivity contribution in [2.24, 2.45) is 0 Å². The number of urea groups is 1. The van der Waals surface area contributed by atoms with Gasteiger partial charge in [0.15, 0.2) is 0 Å². The molecule has 9 heteroatoms. The average molecular weight is 342 g/mol. The minimum atomic E-state index is -1.30. The van der Waals surface area contributed by atoms with Gasteiger partial charge < -0.3 is 10.1 Å². The van der Waals surface area contributed by atoms with Gasteiger partial charge in [0.25, 0.3) is 5.91 Å². The van der Waals surface area contributed by atoms with Crippen molar-refractivity contribution < 1.29 is 24.3 Å². The average Bonchev–Trinajstić information content (AvgIpc) is 2.88. The second kappa shape index (κ2) is 8.41. The first-order valence-electron chi connectivity index (χ1n) is 8.39. The lowest BCUT2D eigenvalue weighted by atomic mass is 9.82. The Bertz CT molecular complexity index is 469. The molecule has 1 unspecified atom stereocenters. The van der Waals surface area contributed by atoms with E-state index in [1.807, 2.05) is 6.92 Å². The summed E-state index contributed by atoms with van der Waals surface area (Å²) >= 11 is 0. The third-order valence-electron chi connectivity index (χ3n) is 4.71. The number of nitrogens with zero attached hydrogens (tertiary/aromatic N) is 2. The van der Waals surface area contributed by atoms with Crippen molar-refractivity contribution in [2.75, 3.05) is 32.8 Å². The summed E-state index contributed by atoms with van der Waals surface area (Å²) in [6.07, 6.45) is 2.53. The molecule has 9 nitrogen and oxygen atoms in total. The fraction of sp³-hybridized carbons (Fsp3) is 0.800. The molecule has 2 aliphatic heterocycles. The minimum Gasteiger partial charge on any atom is -0.379 e. The van der Waals surface area contributed by atoms with Crippen LogP contribution in [0.25, 0.3) is 0 Å². The second-order valence-electron chi connectivity index (χ2n) is 6.23. The molecular weight excluding hydrogens is 316 g/mol. The zero-order valence-electron chi connectivity index (χ0n) is 14.0. The van der Waals surface area contributed by atoms with Crippen LogP contribution < -0.4 is 10.6 Å². The molecule has 0 spiro atoms. The van der Waals surface area contributed by atoms with Gasteiger partial charge >= 0.3 is 6.03 Å². The van der Waals surface area contributed by atoms with Gasteiger partial charge in [-0.1, -0.05) is 19.8 Å². The van der Waals surface area contributed by atoms with Crippen molar-refractivity contribution in [3.63, 3.8) is 0 Å². The number of hydrogen-bond donors (Lipinski definition) is 3. The van der Waals surface area contributed by atoms with E-state index in [1.165, 1.54) is 0 Å². The highest BCUT2D eigenvalue weighted by molar-refractivity contribution is 6.07. The van der Waals surface area contributed by atoms with Crippen LogP contribution >= 0.6 is 0 Å². The first-order chi connectivity index (χ1) is 11.5. The van der Waals surface area contributed by atoms with Crippen molar-refractivity contribution in [1.29, 1.82) is 0 Å². The van der Waals surface area contributed by atoms with Gasteiger partial charge in [-0.2, -0.15) is 0 Å². The molecule has 4 amide bonds. The molecule has 0 aromatic rings. The first kappa shape index (κ1) is 18.6. The fourth-order valence-corrected chi connectivity index (χ4v) is 3.35. The number of carbonyl (C=O) groups excluding carboxylic acids is 3. The molecule has 2 aliphatic rings. The van der Waals surface area contributed by atoms with E-state index in [-0.39, 0.29) is 6.41 Å². The highest BCUT2D eigenvalue weighted by Crippen LogP contribution is 2.28. The third kappa shape index (κ3) is 4.03. The monoisotopic (exact) mass is 342 g/mol. The largest absolute Gasteiger partial charge is 0.379 e. The van der Waals surface area contributed by atoms with Crippen LogP contribution in [0.2, 0.25) is 0 Å². The van der Waals surface area contributed by atoms with E-state index in [9.17, 15) is 19.6 Å². The van der Waals surface area contributed by atoms with Gasteiger partial charge in [-0.05, 0) is 12.8 Å². The maximum atomic E-state index is 12.4. The van der Waals surface area contributed by atoms with Gasteiger partial charge in [-0.25, -0.2) is 9.86 Å². The zero-order valence-corrected chi connectivity index (χ0v) is 14.0. The zero-order chi connectivity index (χ0) is 17.6. The lowest BCUT2D eigenvalue weighted by Crippen LogP contribution is -2.62. The Balaban J connectivity index is 2.16. The quantitative estimate of drug-likeness (QED) is 0.229. The van der Waals surface area contributed by atoms with Gasteiger partial charge in [-0.3, -0.25) is 25.0 Å². The second-order valence-corrected chi connectivity index (χ2v) is 6.23. The molecule has 2 fully saturated rings. The van der Waals surface area contributed by atoms with Gasteiger partial charge in [0.05, 0.1) is 19.3 Å². The molecule has 0 aliphatic carbocycles. The van der Waals surface area contributed by atoms with Crippen LogP contribution in [0.15, 0.2) is 0 Å². The van der Waals surface area contributed by atoms with Crippen LogP contribution in [-0.2, 0) is 14.3 Å². The van der Waals surface area contributed by atoms with Crippen LogP contribution in [0, 0.1) is 0 Å². The number of unbranched alkanes of at least 4 members (excludes halogenated alkanes) is 1. The number of hydroxylamine groups is 2. The van der Waals surface area contributed by atoms with Crippen LogP contribution in [0.5, 0.6) is 0 Å². The number of carbonyl (C=O) groups is 3. The maximum absolute atomic E-state index is 12.4. The van der Waals surface area contributed by atoms with Crippen LogP contribution in [-0.4, -0.2) is 77.9 Å². The van der Waals surface area contributed by atoms with E-state index in [0.29, 0.717) is 44.1 Å². The normalized spacial score (nSPS) is 25.9. The van der Waals surface area contributed by atoms with Gasteiger partial charge in [0, 0.05) is 19.6 Å². The van der Waals surface area contributed by atoms with E-state index in [2.05, 4.69) is 15.5 Å². The summed E-state index contributed by atoms with van der Waals surface area (Å²) < 4.78 is 5.30. The molecular formula is C15H26N4O5. The fourth-order valence-electron chi connectivity index (χ4n) is 3.35. The number of nitrogens with one attached hydrogen (secondary N) is 2. The molecule has 0 bridgehead atoms. The van der Waals surface area contributed by atoms with E-state index < -0.39 is 23.5 Å². The first-order valence-corrected chi connectivity index (χ1v) is 8.39. The van der Waals surface area contributed by atoms with E-state index in [4.69, 9.17) is 4.74 Å². The Morgan fingerprint density at radius 3 is 2.67 bits per heavy atom. The number of hydrogen-bond acceptors (Lipinski definition) is 6. The Morgan fingerprint density at radius 1 is 1.42 bits per heavy atom. The van der Waals surface area contributed by atoms with Gasteiger partial charge in [0.1, 0.15) is 5.54 Å². The topological polar surface area (TPSA) is 111 Å². The lowest BCUT2D eigenvalue weighted by Gasteiger charge is -2.38. The van der Waals surface area contributed by atoms with Crippen LogP contribution in [0.4, 0.5) is 4.79 Å². The SMILES string of the molecule is CCCC[C@@]1(C(CCN2CCOCC2)N(O)C=O)NC(=O)NC1=O. The number of amides is 4. The maximum Gasteiger partial charge on any atom is 0.322 e. The summed E-state index contributed by atoms with van der Waals surface area (Å²) in [6.45, 7) is 5.37. The minimum absolute atomic E-state index is 0.287. The third-order valence-corrected chi connectivity index (χ3v) is 4.71. The van der Waals surface area contributed by atoms with Crippen molar-refractivity contribution >= 4 is 18.3 Å². The Labute approximate surface area is 141 Å². The lowest BCUT2D eigenvalue weighted by molar-refractivity contribution is -0.171. The van der Waals surface area contributed by atoms with Gasteiger partial charge in [-0.15, -0.1) is 0 Å². The molecule has 0 aromatic carbocycles. The van der Waals surface area contributed by atoms with E-state index in [0.717, 1.165) is 19.5 Å². The molecule has 0 saturated carbocycles. The smallest absolute Gasteiger partial charge is 0.322 e. The summed E-state index contributed by atoms with van der Waals surface area (Å²) in [6, 6.07) is -1.41. The molecule has 2 heterocycles. The molecule has 24 heavy (non-hydrogen) atoms. The van der Waals surface area contributed by atoms with Crippen molar-refractivity contribution in [3.8, 4) is 0 Å². The summed E-state index contributed by atoms with van der Waals surface area (Å²) in [5.41, 5.74) is -1.30. The standard InChI is InChI=1S/C15H26N4O5/c1-2-3-5-15(13(21)16-14(22)17-15)12(19(23)11-20)4-6-18-7-9-24-10-8-18/h11-12,23H,2-10H2,1H3,(H2,16,17,21,22)/t12?,15-/m0/s1. The molecule has 2 atom stereocenters. The number of imide groups is 1. The summed E-state index contributed by atoms with van der Waals surface area (Å²) in [7, 11) is 0. The van der Waals surface area contributed by atoms with Crippen LogP contribution in [0.1, 0.15) is 32.6 Å². The molecule has 3 N–H and O–H groups in total. The van der Waals surface area contributed by atoms with Crippen molar-refractivity contribution in [3.05, 3.63) is 0 Å². The highest BCUT2D eigenvalue weighted by Gasteiger charge is 2.53. The van der Waals surface area contributed by atoms with Crippen molar-refractivity contribution in [1.82, 2.24) is 20.6 Å². The molecule has 2 saturated heterocycles. The van der Waals surface area contributed by atoms with E-state index in [1.54, 1.807) is 0 Å².